The Morgan fingerprint density at radius 1 is 1.33 bits per heavy atom. The number of nitrogens with zero attached hydrogens (tertiary/aromatic N) is 2. The van der Waals surface area contributed by atoms with Crippen LogP contribution in [0.1, 0.15) is 5.56 Å². The third kappa shape index (κ3) is 2.18. The number of nitrogen functional groups attached to an aromatic ring is 1. The quantitative estimate of drug-likeness (QED) is 0.734. The van der Waals surface area contributed by atoms with Crippen LogP contribution in [0.25, 0.3) is 0 Å². The van der Waals surface area contributed by atoms with Crippen molar-refractivity contribution in [2.24, 2.45) is 5.73 Å². The van der Waals surface area contributed by atoms with Crippen molar-refractivity contribution in [3.8, 4) is 0 Å². The minimum Gasteiger partial charge on any atom is -0.391 e. The van der Waals surface area contributed by atoms with Crippen molar-refractivity contribution in [3.05, 3.63) is 46.5 Å². The average Bonchev–Trinajstić information content (AvgIpc) is 2.41. The van der Waals surface area contributed by atoms with Crippen molar-refractivity contribution >= 4 is 17.2 Å². The largest absolute Gasteiger partial charge is 0.391 e. The molecule has 0 amide bonds. The number of nitrogens with two attached hydrogens (primary N) is 2. The molecule has 6 nitrogen and oxygen atoms in total. The monoisotopic (exact) mass is 245 g/mol. The predicted molar refractivity (Wildman–Crippen MR) is 71.7 cm³/mol. The zero-order valence-corrected chi connectivity index (χ0v) is 10.1. The van der Waals surface area contributed by atoms with E-state index in [9.17, 15) is 4.79 Å². The molecule has 2 rings (SSSR count). The summed E-state index contributed by atoms with van der Waals surface area (Å²) in [7, 11) is 1.80. The fraction of sp³-hybridized carbons (Fsp3) is 0.167. The molecule has 0 aliphatic rings. The Bertz CT molecular complexity index is 590. The lowest BCUT2D eigenvalue weighted by Crippen LogP contribution is -2.20. The lowest BCUT2D eigenvalue weighted by molar-refractivity contribution is 1.05. The van der Waals surface area contributed by atoms with Crippen molar-refractivity contribution in [3.63, 3.8) is 0 Å². The van der Waals surface area contributed by atoms with E-state index in [4.69, 9.17) is 11.5 Å². The van der Waals surface area contributed by atoms with Gasteiger partial charge in [-0.15, -0.1) is 0 Å². The minimum atomic E-state index is -0.342. The molecular weight excluding hydrogens is 230 g/mol. The second-order valence-electron chi connectivity index (χ2n) is 3.90. The smallest absolute Gasteiger partial charge is 0.276 e. The van der Waals surface area contributed by atoms with E-state index in [2.05, 4.69) is 9.97 Å². The molecule has 0 atom stereocenters. The lowest BCUT2D eigenvalue weighted by Gasteiger charge is -2.19. The number of aromatic amines is 1. The number of hydrogen-bond acceptors (Lipinski definition) is 5. The number of aromatic nitrogens is 2. The molecule has 0 unspecified atom stereocenters. The molecule has 1 aromatic carbocycles. The molecule has 0 aliphatic heterocycles. The zero-order valence-electron chi connectivity index (χ0n) is 10.1. The van der Waals surface area contributed by atoms with Gasteiger partial charge in [-0.25, -0.2) is 4.98 Å². The first-order valence-electron chi connectivity index (χ1n) is 5.49. The number of H-pyrrole nitrogens is 1. The molecule has 0 saturated heterocycles. The highest BCUT2D eigenvalue weighted by atomic mass is 16.1. The maximum atomic E-state index is 11.4. The van der Waals surface area contributed by atoms with Gasteiger partial charge in [0.05, 0.1) is 6.33 Å². The lowest BCUT2D eigenvalue weighted by atomic mass is 10.2. The van der Waals surface area contributed by atoms with Crippen molar-refractivity contribution < 1.29 is 0 Å². The van der Waals surface area contributed by atoms with Gasteiger partial charge in [0.15, 0.2) is 5.82 Å². The summed E-state index contributed by atoms with van der Waals surface area (Å²) in [5.41, 5.74) is 12.9. The van der Waals surface area contributed by atoms with Gasteiger partial charge in [0, 0.05) is 19.3 Å². The van der Waals surface area contributed by atoms with Crippen LogP contribution in [0.2, 0.25) is 0 Å². The summed E-state index contributed by atoms with van der Waals surface area (Å²) in [4.78, 5) is 19.7. The number of hydrogen-bond donors (Lipinski definition) is 3. The second kappa shape index (κ2) is 4.89. The molecule has 6 heteroatoms. The van der Waals surface area contributed by atoms with Gasteiger partial charge in [-0.2, -0.15) is 0 Å². The molecule has 1 aromatic heterocycles. The van der Waals surface area contributed by atoms with Crippen molar-refractivity contribution in [2.75, 3.05) is 17.7 Å². The van der Waals surface area contributed by atoms with Gasteiger partial charge in [-0.05, 0) is 17.7 Å². The van der Waals surface area contributed by atoms with Crippen LogP contribution >= 0.6 is 0 Å². The molecule has 1 heterocycles. The van der Waals surface area contributed by atoms with Gasteiger partial charge in [0.2, 0.25) is 0 Å². The Kier molecular flexibility index (Phi) is 3.29. The molecule has 18 heavy (non-hydrogen) atoms. The molecule has 0 spiro atoms. The van der Waals surface area contributed by atoms with E-state index >= 15 is 0 Å². The summed E-state index contributed by atoms with van der Waals surface area (Å²) < 4.78 is 0. The number of nitrogens with one attached hydrogen (secondary N) is 1. The van der Waals surface area contributed by atoms with Crippen LogP contribution in [0.3, 0.4) is 0 Å². The molecule has 5 N–H and O–H groups in total. The van der Waals surface area contributed by atoms with E-state index in [1.165, 1.54) is 6.33 Å². The van der Waals surface area contributed by atoms with Crippen LogP contribution in [-0.2, 0) is 6.54 Å². The summed E-state index contributed by atoms with van der Waals surface area (Å²) in [6.07, 6.45) is 1.33. The minimum absolute atomic E-state index is 0.0999. The first-order chi connectivity index (χ1) is 8.63. The maximum absolute atomic E-state index is 11.4. The first kappa shape index (κ1) is 12.1. The van der Waals surface area contributed by atoms with Crippen LogP contribution in [0.4, 0.5) is 17.2 Å². The molecule has 2 aromatic rings. The summed E-state index contributed by atoms with van der Waals surface area (Å²) in [5.74, 6) is 0.430. The van der Waals surface area contributed by atoms with Crippen LogP contribution in [0, 0.1) is 0 Å². The Labute approximate surface area is 104 Å². The Morgan fingerprint density at radius 2 is 2.00 bits per heavy atom. The van der Waals surface area contributed by atoms with Crippen LogP contribution in [0.5, 0.6) is 0 Å². The fourth-order valence-electron chi connectivity index (χ4n) is 1.65. The Morgan fingerprint density at radius 3 is 2.61 bits per heavy atom. The summed E-state index contributed by atoms with van der Waals surface area (Å²) in [6, 6.07) is 7.67. The van der Waals surface area contributed by atoms with Crippen molar-refractivity contribution in [1.29, 1.82) is 0 Å². The van der Waals surface area contributed by atoms with Gasteiger partial charge < -0.3 is 21.4 Å². The van der Waals surface area contributed by atoms with Crippen LogP contribution in [0.15, 0.2) is 35.4 Å². The third-order valence-electron chi connectivity index (χ3n) is 2.75. The molecule has 0 radical (unpaired) electrons. The molecular formula is C12H15N5O. The molecule has 94 valence electrons. The normalized spacial score (nSPS) is 10.3. The second-order valence-corrected chi connectivity index (χ2v) is 3.90. The van der Waals surface area contributed by atoms with Crippen LogP contribution < -0.4 is 21.9 Å². The average molecular weight is 245 g/mol. The number of rotatable bonds is 3. The highest BCUT2D eigenvalue weighted by molar-refractivity contribution is 5.69. The van der Waals surface area contributed by atoms with Gasteiger partial charge in [0.1, 0.15) is 5.69 Å². The SMILES string of the molecule is CN(c1ccc(CN)cc1)c1nc[nH]c(=O)c1N. The van der Waals surface area contributed by atoms with Gasteiger partial charge in [0.25, 0.3) is 5.56 Å². The van der Waals surface area contributed by atoms with E-state index in [1.807, 2.05) is 24.3 Å². The van der Waals surface area contributed by atoms with Crippen LogP contribution in [-0.4, -0.2) is 17.0 Å². The van der Waals surface area contributed by atoms with Gasteiger partial charge >= 0.3 is 0 Å². The van der Waals surface area contributed by atoms with E-state index < -0.39 is 0 Å². The van der Waals surface area contributed by atoms with E-state index in [0.717, 1.165) is 11.3 Å². The number of anilines is 3. The first-order valence-corrected chi connectivity index (χ1v) is 5.49. The standard InChI is InChI=1S/C12H15N5O/c1-17(9-4-2-8(6-13)3-5-9)11-10(14)12(18)16-7-15-11/h2-5,7H,6,13-14H2,1H3,(H,15,16,18). The Hall–Kier alpha value is -2.34. The highest BCUT2D eigenvalue weighted by Crippen LogP contribution is 2.24. The van der Waals surface area contributed by atoms with Gasteiger partial charge in [-0.1, -0.05) is 12.1 Å². The molecule has 0 saturated carbocycles. The predicted octanol–water partition coefficient (Wildman–Crippen LogP) is 0.579. The molecule has 0 aliphatic carbocycles. The third-order valence-corrected chi connectivity index (χ3v) is 2.75. The number of benzene rings is 1. The van der Waals surface area contributed by atoms with E-state index in [-0.39, 0.29) is 11.2 Å². The van der Waals surface area contributed by atoms with Crippen molar-refractivity contribution in [1.82, 2.24) is 9.97 Å². The maximum Gasteiger partial charge on any atom is 0.276 e. The Balaban J connectivity index is 2.38. The van der Waals surface area contributed by atoms with Crippen molar-refractivity contribution in [2.45, 2.75) is 6.54 Å². The zero-order chi connectivity index (χ0) is 13.1. The van der Waals surface area contributed by atoms with E-state index in [0.29, 0.717) is 12.4 Å². The topological polar surface area (TPSA) is 101 Å². The highest BCUT2D eigenvalue weighted by Gasteiger charge is 2.11. The van der Waals surface area contributed by atoms with Gasteiger partial charge in [-0.3, -0.25) is 4.79 Å². The summed E-state index contributed by atoms with van der Waals surface area (Å²) in [6.45, 7) is 0.495. The fourth-order valence-corrected chi connectivity index (χ4v) is 1.65. The molecule has 0 fully saturated rings. The summed E-state index contributed by atoms with van der Waals surface area (Å²) >= 11 is 0. The van der Waals surface area contributed by atoms with E-state index in [1.54, 1.807) is 11.9 Å². The molecule has 0 bridgehead atoms. The summed E-state index contributed by atoms with van der Waals surface area (Å²) in [5, 5.41) is 0.